The van der Waals surface area contributed by atoms with Crippen LogP contribution in [0.1, 0.15) is 34.8 Å². The third-order valence-electron chi connectivity index (χ3n) is 5.06. The van der Waals surface area contributed by atoms with E-state index >= 15 is 0 Å². The lowest BCUT2D eigenvalue weighted by molar-refractivity contribution is 0.0913. The van der Waals surface area contributed by atoms with Gasteiger partial charge in [0.05, 0.1) is 24.0 Å². The van der Waals surface area contributed by atoms with Crippen molar-refractivity contribution in [3.05, 3.63) is 81.4 Å². The molecule has 2 aromatic carbocycles. The molecule has 7 heteroatoms. The van der Waals surface area contributed by atoms with Gasteiger partial charge in [0.25, 0.3) is 11.5 Å². The number of carbonyl (C=O) groups excluding carboxylic acids is 1. The molecule has 0 aliphatic heterocycles. The molecule has 1 aromatic heterocycles. The van der Waals surface area contributed by atoms with Crippen LogP contribution in [0.3, 0.4) is 0 Å². The molecule has 1 amide bonds. The summed E-state index contributed by atoms with van der Waals surface area (Å²) in [5.41, 5.74) is 2.69. The van der Waals surface area contributed by atoms with E-state index in [2.05, 4.69) is 10.4 Å². The summed E-state index contributed by atoms with van der Waals surface area (Å²) >= 11 is 0. The maximum absolute atomic E-state index is 13.8. The van der Waals surface area contributed by atoms with Crippen LogP contribution in [-0.4, -0.2) is 33.4 Å². The van der Waals surface area contributed by atoms with E-state index in [0.717, 1.165) is 21.4 Å². The van der Waals surface area contributed by atoms with Crippen molar-refractivity contribution >= 4 is 5.91 Å². The Morgan fingerprint density at radius 2 is 1.93 bits per heavy atom. The van der Waals surface area contributed by atoms with Crippen LogP contribution in [0.5, 0.6) is 0 Å². The number of aryl methyl sites for hydroxylation is 2. The van der Waals surface area contributed by atoms with Gasteiger partial charge in [-0.1, -0.05) is 25.1 Å². The molecule has 0 unspecified atom stereocenters. The van der Waals surface area contributed by atoms with Gasteiger partial charge in [0.2, 0.25) is 0 Å². The van der Waals surface area contributed by atoms with Crippen LogP contribution in [-0.2, 0) is 0 Å². The van der Waals surface area contributed by atoms with Gasteiger partial charge in [0.1, 0.15) is 11.4 Å². The normalized spacial score (nSPS) is 11.9. The van der Waals surface area contributed by atoms with Gasteiger partial charge in [-0.25, -0.2) is 4.39 Å². The number of benzene rings is 2. The van der Waals surface area contributed by atoms with Crippen LogP contribution >= 0.6 is 0 Å². The summed E-state index contributed by atoms with van der Waals surface area (Å²) in [4.78, 5) is 25.9. The number of aliphatic hydroxyl groups is 1. The third-order valence-corrected chi connectivity index (χ3v) is 5.06. The molecule has 0 spiro atoms. The Balaban J connectivity index is 2.20. The number of carbonyl (C=O) groups is 1. The van der Waals surface area contributed by atoms with Gasteiger partial charge >= 0.3 is 0 Å². The molecular formula is C23H24FN3O3. The van der Waals surface area contributed by atoms with Gasteiger partial charge < -0.3 is 10.4 Å². The van der Waals surface area contributed by atoms with Crippen molar-refractivity contribution in [2.75, 3.05) is 6.61 Å². The second-order valence-corrected chi connectivity index (χ2v) is 7.20. The van der Waals surface area contributed by atoms with Crippen LogP contribution in [0.4, 0.5) is 4.39 Å². The van der Waals surface area contributed by atoms with Crippen molar-refractivity contribution in [3.63, 3.8) is 0 Å². The van der Waals surface area contributed by atoms with Crippen LogP contribution in [0.15, 0.2) is 53.3 Å². The number of aliphatic hydroxyl groups excluding tert-OH is 1. The maximum Gasteiger partial charge on any atom is 0.284 e. The van der Waals surface area contributed by atoms with E-state index in [1.165, 1.54) is 24.3 Å². The molecule has 156 valence electrons. The smallest absolute Gasteiger partial charge is 0.284 e. The Morgan fingerprint density at radius 3 is 2.57 bits per heavy atom. The Hall–Kier alpha value is -3.32. The first-order valence-corrected chi connectivity index (χ1v) is 9.73. The molecule has 1 heterocycles. The summed E-state index contributed by atoms with van der Waals surface area (Å²) < 4.78 is 14.8. The van der Waals surface area contributed by atoms with Crippen molar-refractivity contribution in [3.8, 4) is 16.9 Å². The van der Waals surface area contributed by atoms with E-state index in [1.54, 1.807) is 6.07 Å². The zero-order chi connectivity index (χ0) is 21.8. The van der Waals surface area contributed by atoms with Gasteiger partial charge in [0, 0.05) is 5.56 Å². The van der Waals surface area contributed by atoms with Crippen molar-refractivity contribution in [1.82, 2.24) is 15.1 Å². The average Bonchev–Trinajstić information content (AvgIpc) is 2.74. The largest absolute Gasteiger partial charge is 0.394 e. The highest BCUT2D eigenvalue weighted by molar-refractivity contribution is 5.95. The number of rotatable bonds is 6. The van der Waals surface area contributed by atoms with Crippen LogP contribution in [0.2, 0.25) is 0 Å². The van der Waals surface area contributed by atoms with Gasteiger partial charge in [-0.05, 0) is 61.7 Å². The second-order valence-electron chi connectivity index (χ2n) is 7.20. The minimum atomic E-state index is -0.668. The Kier molecular flexibility index (Phi) is 6.42. The minimum absolute atomic E-state index is 0.130. The molecule has 0 bridgehead atoms. The molecule has 3 rings (SSSR count). The molecule has 0 aliphatic carbocycles. The van der Waals surface area contributed by atoms with E-state index in [4.69, 9.17) is 0 Å². The molecule has 0 aliphatic rings. The number of aromatic nitrogens is 2. The van der Waals surface area contributed by atoms with E-state index < -0.39 is 23.3 Å². The monoisotopic (exact) mass is 409 g/mol. The van der Waals surface area contributed by atoms with Crippen molar-refractivity contribution in [2.45, 2.75) is 33.2 Å². The number of halogens is 1. The highest BCUT2D eigenvalue weighted by Gasteiger charge is 2.20. The molecule has 0 fully saturated rings. The minimum Gasteiger partial charge on any atom is -0.394 e. The molecule has 2 N–H and O–H groups in total. The van der Waals surface area contributed by atoms with Crippen molar-refractivity contribution in [2.24, 2.45) is 0 Å². The zero-order valence-corrected chi connectivity index (χ0v) is 17.1. The van der Waals surface area contributed by atoms with E-state index in [9.17, 15) is 19.1 Å². The molecule has 3 aromatic rings. The van der Waals surface area contributed by atoms with Crippen molar-refractivity contribution < 1.29 is 14.3 Å². The van der Waals surface area contributed by atoms with Crippen LogP contribution < -0.4 is 10.9 Å². The lowest BCUT2D eigenvalue weighted by Crippen LogP contribution is -2.40. The third kappa shape index (κ3) is 4.46. The maximum atomic E-state index is 13.8. The topological polar surface area (TPSA) is 84.2 Å². The number of nitrogens with zero attached hydrogens (tertiary/aromatic N) is 2. The lowest BCUT2D eigenvalue weighted by Gasteiger charge is -2.15. The standard InChI is InChI=1S/C23H24FN3O3/c1-4-18(13-28)25-22(29)20-12-21(16-9-8-14(2)15(3)10-16)26-27(23(20)30)19-7-5-6-17(24)11-19/h5-12,18,28H,4,13H2,1-3H3,(H,25,29)/t18-/m0/s1. The van der Waals surface area contributed by atoms with E-state index in [0.29, 0.717) is 12.1 Å². The average molecular weight is 409 g/mol. The predicted octanol–water partition coefficient (Wildman–Crippen LogP) is 3.16. The van der Waals surface area contributed by atoms with Crippen molar-refractivity contribution in [1.29, 1.82) is 0 Å². The molecule has 0 radical (unpaired) electrons. The molecule has 0 saturated carbocycles. The fraction of sp³-hybridized carbons (Fsp3) is 0.261. The molecular weight excluding hydrogens is 385 g/mol. The Labute approximate surface area is 174 Å². The Bertz CT molecular complexity index is 1140. The van der Waals surface area contributed by atoms with Gasteiger partial charge in [-0.2, -0.15) is 9.78 Å². The summed E-state index contributed by atoms with van der Waals surface area (Å²) in [6, 6.07) is 12.1. The summed E-state index contributed by atoms with van der Waals surface area (Å²) in [5, 5.41) is 16.4. The van der Waals surface area contributed by atoms with Gasteiger partial charge in [-0.3, -0.25) is 9.59 Å². The van der Waals surface area contributed by atoms with E-state index in [-0.39, 0.29) is 17.9 Å². The highest BCUT2D eigenvalue weighted by Crippen LogP contribution is 2.21. The summed E-state index contributed by atoms with van der Waals surface area (Å²) in [6.45, 7) is 5.52. The first-order chi connectivity index (χ1) is 14.3. The number of hydrogen-bond acceptors (Lipinski definition) is 4. The fourth-order valence-corrected chi connectivity index (χ4v) is 3.02. The molecule has 30 heavy (non-hydrogen) atoms. The van der Waals surface area contributed by atoms with Crippen LogP contribution in [0.25, 0.3) is 16.9 Å². The zero-order valence-electron chi connectivity index (χ0n) is 17.1. The Morgan fingerprint density at radius 1 is 1.17 bits per heavy atom. The number of nitrogens with one attached hydrogen (secondary N) is 1. The first kappa shape index (κ1) is 21.4. The van der Waals surface area contributed by atoms with Gasteiger partial charge in [0.15, 0.2) is 0 Å². The summed E-state index contributed by atoms with van der Waals surface area (Å²) in [6.07, 6.45) is 0.509. The summed E-state index contributed by atoms with van der Waals surface area (Å²) in [7, 11) is 0. The van der Waals surface area contributed by atoms with Crippen LogP contribution in [0, 0.1) is 19.7 Å². The quantitative estimate of drug-likeness (QED) is 0.655. The van der Waals surface area contributed by atoms with E-state index in [1.807, 2.05) is 39.0 Å². The summed E-state index contributed by atoms with van der Waals surface area (Å²) in [5.74, 6) is -1.13. The first-order valence-electron chi connectivity index (χ1n) is 9.73. The lowest BCUT2D eigenvalue weighted by atomic mass is 10.0. The SMILES string of the molecule is CC[C@@H](CO)NC(=O)c1cc(-c2ccc(C)c(C)c2)nn(-c2cccc(F)c2)c1=O. The molecule has 1 atom stereocenters. The molecule has 6 nitrogen and oxygen atoms in total. The second kappa shape index (κ2) is 9.00. The number of hydrogen-bond donors (Lipinski definition) is 2. The highest BCUT2D eigenvalue weighted by atomic mass is 19.1. The van der Waals surface area contributed by atoms with Gasteiger partial charge in [-0.15, -0.1) is 0 Å². The number of amides is 1. The fourth-order valence-electron chi connectivity index (χ4n) is 3.02. The predicted molar refractivity (Wildman–Crippen MR) is 113 cm³/mol. The molecule has 0 saturated heterocycles.